The summed E-state index contributed by atoms with van der Waals surface area (Å²) < 4.78 is 18.8. The summed E-state index contributed by atoms with van der Waals surface area (Å²) in [6, 6.07) is 22.5. The molecule has 0 bridgehead atoms. The fourth-order valence-corrected chi connectivity index (χ4v) is 3.36. The monoisotopic (exact) mass is 442 g/mol. The van der Waals surface area contributed by atoms with E-state index in [0.29, 0.717) is 22.6 Å². The lowest BCUT2D eigenvalue weighted by Crippen LogP contribution is -2.26. The first kappa shape index (κ1) is 22.0. The van der Waals surface area contributed by atoms with E-state index in [1.54, 1.807) is 49.6 Å². The van der Waals surface area contributed by atoms with Crippen LogP contribution in [-0.4, -0.2) is 23.0 Å². The second-order valence-corrected chi connectivity index (χ2v) is 7.47. The molecule has 1 heterocycles. The minimum Gasteiger partial charge on any atom is -0.497 e. The Bertz CT molecular complexity index is 1260. The van der Waals surface area contributed by atoms with Crippen molar-refractivity contribution in [3.8, 4) is 17.0 Å². The van der Waals surface area contributed by atoms with E-state index in [2.05, 4.69) is 20.6 Å². The van der Waals surface area contributed by atoms with Gasteiger partial charge in [0.2, 0.25) is 0 Å². The van der Waals surface area contributed by atoms with Gasteiger partial charge < -0.3 is 15.4 Å². The third-order valence-corrected chi connectivity index (χ3v) is 5.15. The lowest BCUT2D eigenvalue weighted by atomic mass is 10.1. The number of methoxy groups -OCH3 is 1. The minimum atomic E-state index is -0.324. The van der Waals surface area contributed by atoms with Gasteiger partial charge in [-0.1, -0.05) is 24.3 Å². The molecule has 166 valence electrons. The highest BCUT2D eigenvalue weighted by Crippen LogP contribution is 2.23. The number of carbonyl (C=O) groups excluding carboxylic acids is 1. The van der Waals surface area contributed by atoms with Crippen molar-refractivity contribution < 1.29 is 13.9 Å². The van der Waals surface area contributed by atoms with E-state index < -0.39 is 0 Å². The molecule has 4 aromatic rings. The molecule has 0 radical (unpaired) electrons. The fourth-order valence-electron chi connectivity index (χ4n) is 3.36. The van der Waals surface area contributed by atoms with E-state index in [4.69, 9.17) is 4.74 Å². The Morgan fingerprint density at radius 2 is 1.76 bits per heavy atom. The topological polar surface area (TPSA) is 76.1 Å². The van der Waals surface area contributed by atoms with E-state index >= 15 is 0 Å². The van der Waals surface area contributed by atoms with Crippen LogP contribution in [-0.2, 0) is 0 Å². The molecular formula is C26H23FN4O2. The highest BCUT2D eigenvalue weighted by Gasteiger charge is 2.12. The number of nitrogens with one attached hydrogen (secondary N) is 2. The Kier molecular flexibility index (Phi) is 6.59. The SMILES string of the molecule is COc1cccc([C@H](C)NC(=O)c2ccc(Nc3cc(-c4cccc(F)c4)ncn3)cc2)c1. The zero-order valence-electron chi connectivity index (χ0n) is 18.2. The summed E-state index contributed by atoms with van der Waals surface area (Å²) in [5, 5.41) is 6.18. The van der Waals surface area contributed by atoms with Gasteiger partial charge in [-0.2, -0.15) is 0 Å². The van der Waals surface area contributed by atoms with Crippen LogP contribution in [0.5, 0.6) is 5.75 Å². The largest absolute Gasteiger partial charge is 0.497 e. The van der Waals surface area contributed by atoms with E-state index in [-0.39, 0.29) is 17.8 Å². The number of halogens is 1. The molecule has 3 aromatic carbocycles. The van der Waals surface area contributed by atoms with Crippen molar-refractivity contribution in [2.75, 3.05) is 12.4 Å². The maximum Gasteiger partial charge on any atom is 0.251 e. The average molecular weight is 442 g/mol. The number of carbonyl (C=O) groups is 1. The Labute approximate surface area is 191 Å². The number of hydrogen-bond donors (Lipinski definition) is 2. The molecule has 6 nitrogen and oxygen atoms in total. The molecule has 2 N–H and O–H groups in total. The van der Waals surface area contributed by atoms with E-state index in [1.807, 2.05) is 31.2 Å². The summed E-state index contributed by atoms with van der Waals surface area (Å²) >= 11 is 0. The van der Waals surface area contributed by atoms with Crippen molar-refractivity contribution in [2.24, 2.45) is 0 Å². The molecule has 0 fully saturated rings. The highest BCUT2D eigenvalue weighted by molar-refractivity contribution is 5.94. The molecule has 0 saturated heterocycles. The standard InChI is InChI=1S/C26H23FN4O2/c1-17(19-5-4-8-23(14-19)33-2)30-26(32)18-9-11-22(12-10-18)31-25-15-24(28-16-29-25)20-6-3-7-21(27)13-20/h3-17H,1-2H3,(H,30,32)(H,28,29,31)/t17-/m0/s1. The average Bonchev–Trinajstić information content (AvgIpc) is 2.84. The van der Waals surface area contributed by atoms with Crippen molar-refractivity contribution in [2.45, 2.75) is 13.0 Å². The second kappa shape index (κ2) is 9.91. The molecular weight excluding hydrogens is 419 g/mol. The normalized spacial score (nSPS) is 11.5. The number of nitrogens with zero attached hydrogens (tertiary/aromatic N) is 2. The fraction of sp³-hybridized carbons (Fsp3) is 0.115. The Hall–Kier alpha value is -4.26. The van der Waals surface area contributed by atoms with Crippen molar-refractivity contribution >= 4 is 17.4 Å². The van der Waals surface area contributed by atoms with Crippen LogP contribution < -0.4 is 15.4 Å². The molecule has 0 saturated carbocycles. The lowest BCUT2D eigenvalue weighted by molar-refractivity contribution is 0.0940. The van der Waals surface area contributed by atoms with Gasteiger partial charge in [-0.15, -0.1) is 0 Å². The van der Waals surface area contributed by atoms with Gasteiger partial charge in [0, 0.05) is 22.9 Å². The maximum absolute atomic E-state index is 13.5. The Balaban J connectivity index is 1.42. The quantitative estimate of drug-likeness (QED) is 0.394. The minimum absolute atomic E-state index is 0.173. The van der Waals surface area contributed by atoms with Gasteiger partial charge >= 0.3 is 0 Å². The summed E-state index contributed by atoms with van der Waals surface area (Å²) in [5.41, 5.74) is 3.53. The third kappa shape index (κ3) is 5.51. The smallest absolute Gasteiger partial charge is 0.251 e. The van der Waals surface area contributed by atoms with E-state index in [9.17, 15) is 9.18 Å². The summed E-state index contributed by atoms with van der Waals surface area (Å²) in [4.78, 5) is 21.1. The summed E-state index contributed by atoms with van der Waals surface area (Å²) in [6.07, 6.45) is 1.42. The van der Waals surface area contributed by atoms with E-state index in [0.717, 1.165) is 17.0 Å². The first-order valence-corrected chi connectivity index (χ1v) is 10.4. The molecule has 4 rings (SSSR count). The molecule has 33 heavy (non-hydrogen) atoms. The van der Waals surface area contributed by atoms with Gasteiger partial charge in [-0.3, -0.25) is 4.79 Å². The zero-order chi connectivity index (χ0) is 23.2. The molecule has 1 aromatic heterocycles. The van der Waals surface area contributed by atoms with Crippen LogP contribution in [0.15, 0.2) is 85.2 Å². The molecule has 0 unspecified atom stereocenters. The van der Waals surface area contributed by atoms with Gasteiger partial charge in [-0.05, 0) is 61.0 Å². The van der Waals surface area contributed by atoms with E-state index in [1.165, 1.54) is 18.5 Å². The highest BCUT2D eigenvalue weighted by atomic mass is 19.1. The van der Waals surface area contributed by atoms with Gasteiger partial charge in [0.15, 0.2) is 0 Å². The molecule has 1 atom stereocenters. The number of anilines is 2. The summed E-state index contributed by atoms with van der Waals surface area (Å²) in [7, 11) is 1.61. The number of ether oxygens (including phenoxy) is 1. The van der Waals surface area contributed by atoms with Crippen LogP contribution in [0.1, 0.15) is 28.9 Å². The lowest BCUT2D eigenvalue weighted by Gasteiger charge is -2.15. The van der Waals surface area contributed by atoms with Gasteiger partial charge in [0.1, 0.15) is 23.7 Å². The van der Waals surface area contributed by atoms with Crippen molar-refractivity contribution in [3.63, 3.8) is 0 Å². The van der Waals surface area contributed by atoms with Crippen LogP contribution in [0.4, 0.5) is 15.9 Å². The molecule has 0 aliphatic carbocycles. The van der Waals surface area contributed by atoms with Gasteiger partial charge in [-0.25, -0.2) is 14.4 Å². The van der Waals surface area contributed by atoms with Crippen LogP contribution in [0.2, 0.25) is 0 Å². The maximum atomic E-state index is 13.5. The van der Waals surface area contributed by atoms with Crippen LogP contribution in [0.3, 0.4) is 0 Å². The van der Waals surface area contributed by atoms with Crippen molar-refractivity contribution in [1.82, 2.24) is 15.3 Å². The third-order valence-electron chi connectivity index (χ3n) is 5.15. The number of rotatable bonds is 7. The van der Waals surface area contributed by atoms with Crippen molar-refractivity contribution in [1.29, 1.82) is 0 Å². The Morgan fingerprint density at radius 3 is 2.52 bits per heavy atom. The zero-order valence-corrected chi connectivity index (χ0v) is 18.2. The first-order valence-electron chi connectivity index (χ1n) is 10.4. The predicted octanol–water partition coefficient (Wildman–Crippen LogP) is 5.53. The van der Waals surface area contributed by atoms with Crippen molar-refractivity contribution in [3.05, 3.63) is 102 Å². The summed E-state index contributed by atoms with van der Waals surface area (Å²) in [5.74, 6) is 0.810. The number of amides is 1. The molecule has 1 amide bonds. The van der Waals surface area contributed by atoms with Gasteiger partial charge in [0.05, 0.1) is 18.8 Å². The first-order chi connectivity index (χ1) is 16.0. The molecule has 7 heteroatoms. The number of hydrogen-bond acceptors (Lipinski definition) is 5. The molecule has 0 spiro atoms. The molecule has 0 aliphatic rings. The number of aromatic nitrogens is 2. The predicted molar refractivity (Wildman–Crippen MR) is 126 cm³/mol. The second-order valence-electron chi connectivity index (χ2n) is 7.47. The molecule has 0 aliphatic heterocycles. The van der Waals surface area contributed by atoms with Gasteiger partial charge in [0.25, 0.3) is 5.91 Å². The Morgan fingerprint density at radius 1 is 0.970 bits per heavy atom. The number of benzene rings is 3. The van der Waals surface area contributed by atoms with Crippen LogP contribution in [0.25, 0.3) is 11.3 Å². The summed E-state index contributed by atoms with van der Waals surface area (Å²) in [6.45, 7) is 1.92. The van der Waals surface area contributed by atoms with Crippen LogP contribution >= 0.6 is 0 Å². The van der Waals surface area contributed by atoms with Crippen LogP contribution in [0, 0.1) is 5.82 Å².